The van der Waals surface area contributed by atoms with Crippen molar-refractivity contribution in [2.75, 3.05) is 4.90 Å². The molecule has 1 unspecified atom stereocenters. The Hall–Kier alpha value is -2.29. The number of aryl methyl sites for hydroxylation is 1. The zero-order chi connectivity index (χ0) is 13.4. The van der Waals surface area contributed by atoms with Gasteiger partial charge in [0, 0.05) is 0 Å². The van der Waals surface area contributed by atoms with Crippen molar-refractivity contribution in [2.45, 2.75) is 20.0 Å². The SMILES string of the molecule is Cc1ccccc1N1C(=O)C(C)Oc2ccccc21. The van der Waals surface area contributed by atoms with E-state index >= 15 is 0 Å². The zero-order valence-corrected chi connectivity index (χ0v) is 11.0. The van der Waals surface area contributed by atoms with Crippen LogP contribution in [-0.2, 0) is 4.79 Å². The summed E-state index contributed by atoms with van der Waals surface area (Å²) in [7, 11) is 0. The fraction of sp³-hybridized carbons (Fsp3) is 0.188. The third kappa shape index (κ3) is 1.87. The summed E-state index contributed by atoms with van der Waals surface area (Å²) in [5.74, 6) is 0.714. The molecule has 1 aliphatic heterocycles. The maximum atomic E-state index is 12.4. The Morgan fingerprint density at radius 3 is 2.37 bits per heavy atom. The lowest BCUT2D eigenvalue weighted by Gasteiger charge is -2.33. The van der Waals surface area contributed by atoms with Gasteiger partial charge in [0.1, 0.15) is 5.75 Å². The van der Waals surface area contributed by atoms with Gasteiger partial charge in [0.15, 0.2) is 6.10 Å². The minimum absolute atomic E-state index is 0.0343. The van der Waals surface area contributed by atoms with Crippen LogP contribution in [-0.4, -0.2) is 12.0 Å². The van der Waals surface area contributed by atoms with Crippen molar-refractivity contribution >= 4 is 17.3 Å². The number of nitrogens with zero attached hydrogens (tertiary/aromatic N) is 1. The molecule has 0 bridgehead atoms. The van der Waals surface area contributed by atoms with Gasteiger partial charge in [-0.1, -0.05) is 30.3 Å². The molecule has 1 heterocycles. The summed E-state index contributed by atoms with van der Waals surface area (Å²) in [6.45, 7) is 3.79. The number of carbonyl (C=O) groups excluding carboxylic acids is 1. The third-order valence-electron chi connectivity index (χ3n) is 3.33. The average Bonchev–Trinajstić information content (AvgIpc) is 2.42. The number of fused-ring (bicyclic) bond motifs is 1. The molecule has 1 atom stereocenters. The van der Waals surface area contributed by atoms with Crippen LogP contribution in [0.4, 0.5) is 11.4 Å². The van der Waals surface area contributed by atoms with E-state index in [4.69, 9.17) is 4.74 Å². The molecule has 1 aliphatic rings. The zero-order valence-electron chi connectivity index (χ0n) is 11.0. The molecular formula is C16H15NO2. The van der Waals surface area contributed by atoms with Crippen LogP contribution in [0.5, 0.6) is 5.75 Å². The van der Waals surface area contributed by atoms with Crippen molar-refractivity contribution in [1.29, 1.82) is 0 Å². The van der Waals surface area contributed by atoms with Crippen molar-refractivity contribution in [1.82, 2.24) is 0 Å². The van der Waals surface area contributed by atoms with Crippen molar-refractivity contribution < 1.29 is 9.53 Å². The van der Waals surface area contributed by atoms with E-state index in [1.165, 1.54) is 0 Å². The fourth-order valence-corrected chi connectivity index (χ4v) is 2.35. The summed E-state index contributed by atoms with van der Waals surface area (Å²) in [6.07, 6.45) is -0.463. The predicted molar refractivity (Wildman–Crippen MR) is 74.9 cm³/mol. The molecule has 96 valence electrons. The highest BCUT2D eigenvalue weighted by Crippen LogP contribution is 2.39. The average molecular weight is 253 g/mol. The summed E-state index contributed by atoms with van der Waals surface area (Å²) < 4.78 is 5.64. The fourth-order valence-electron chi connectivity index (χ4n) is 2.35. The summed E-state index contributed by atoms with van der Waals surface area (Å²) in [6, 6.07) is 15.5. The molecule has 19 heavy (non-hydrogen) atoms. The number of carbonyl (C=O) groups is 1. The topological polar surface area (TPSA) is 29.5 Å². The molecule has 0 saturated heterocycles. The molecule has 0 radical (unpaired) electrons. The highest BCUT2D eigenvalue weighted by molar-refractivity contribution is 6.06. The number of para-hydroxylation sites is 3. The lowest BCUT2D eigenvalue weighted by molar-refractivity contribution is -0.124. The number of hydrogen-bond donors (Lipinski definition) is 0. The standard InChI is InChI=1S/C16H15NO2/c1-11-7-3-4-8-13(11)17-14-9-5-6-10-15(14)19-12(2)16(17)18/h3-10,12H,1-2H3. The quantitative estimate of drug-likeness (QED) is 0.779. The molecule has 0 fully saturated rings. The molecule has 3 rings (SSSR count). The van der Waals surface area contributed by atoms with Crippen LogP contribution < -0.4 is 9.64 Å². The number of amides is 1. The molecule has 0 spiro atoms. The summed E-state index contributed by atoms with van der Waals surface area (Å²) in [4.78, 5) is 14.2. The van der Waals surface area contributed by atoms with Crippen LogP contribution >= 0.6 is 0 Å². The molecule has 1 amide bonds. The Labute approximate surface area is 112 Å². The van der Waals surface area contributed by atoms with E-state index in [0.717, 1.165) is 22.7 Å². The van der Waals surface area contributed by atoms with Crippen LogP contribution in [0.25, 0.3) is 0 Å². The van der Waals surface area contributed by atoms with Crippen LogP contribution in [0.15, 0.2) is 48.5 Å². The van der Waals surface area contributed by atoms with E-state index < -0.39 is 6.10 Å². The third-order valence-corrected chi connectivity index (χ3v) is 3.33. The molecule has 0 saturated carbocycles. The van der Waals surface area contributed by atoms with Gasteiger partial charge in [-0.05, 0) is 37.6 Å². The summed E-state index contributed by atoms with van der Waals surface area (Å²) >= 11 is 0. The van der Waals surface area contributed by atoms with Crippen molar-refractivity contribution in [3.63, 3.8) is 0 Å². The molecular weight excluding hydrogens is 238 g/mol. The lowest BCUT2D eigenvalue weighted by Crippen LogP contribution is -2.41. The molecule has 3 heteroatoms. The second-order valence-electron chi connectivity index (χ2n) is 4.69. The van der Waals surface area contributed by atoms with E-state index in [0.29, 0.717) is 0 Å². The van der Waals surface area contributed by atoms with E-state index in [2.05, 4.69) is 0 Å². The normalized spacial score (nSPS) is 17.9. The number of hydrogen-bond acceptors (Lipinski definition) is 2. The number of anilines is 2. The highest BCUT2D eigenvalue weighted by Gasteiger charge is 2.32. The number of rotatable bonds is 1. The first-order chi connectivity index (χ1) is 9.18. The summed E-state index contributed by atoms with van der Waals surface area (Å²) in [5.41, 5.74) is 2.79. The van der Waals surface area contributed by atoms with Gasteiger partial charge in [0.25, 0.3) is 5.91 Å². The van der Waals surface area contributed by atoms with Crippen molar-refractivity contribution in [3.8, 4) is 5.75 Å². The molecule has 2 aromatic rings. The first kappa shape index (κ1) is 11.8. The Bertz CT molecular complexity index is 636. The lowest BCUT2D eigenvalue weighted by atomic mass is 10.1. The second-order valence-corrected chi connectivity index (χ2v) is 4.69. The number of benzene rings is 2. The Morgan fingerprint density at radius 1 is 1.00 bits per heavy atom. The first-order valence-electron chi connectivity index (χ1n) is 6.34. The van der Waals surface area contributed by atoms with E-state index in [1.54, 1.807) is 11.8 Å². The van der Waals surface area contributed by atoms with Gasteiger partial charge in [0.2, 0.25) is 0 Å². The predicted octanol–water partition coefficient (Wildman–Crippen LogP) is 3.44. The largest absolute Gasteiger partial charge is 0.479 e. The van der Waals surface area contributed by atoms with Crippen LogP contribution in [0.3, 0.4) is 0 Å². The van der Waals surface area contributed by atoms with E-state index in [9.17, 15) is 4.79 Å². The molecule has 3 nitrogen and oxygen atoms in total. The van der Waals surface area contributed by atoms with Gasteiger partial charge in [-0.2, -0.15) is 0 Å². The van der Waals surface area contributed by atoms with Gasteiger partial charge in [-0.15, -0.1) is 0 Å². The molecule has 0 aromatic heterocycles. The minimum atomic E-state index is -0.463. The maximum Gasteiger partial charge on any atom is 0.272 e. The van der Waals surface area contributed by atoms with Crippen molar-refractivity contribution in [3.05, 3.63) is 54.1 Å². The maximum absolute atomic E-state index is 12.4. The van der Waals surface area contributed by atoms with Gasteiger partial charge in [0.05, 0.1) is 11.4 Å². The smallest absolute Gasteiger partial charge is 0.272 e. The van der Waals surface area contributed by atoms with Gasteiger partial charge >= 0.3 is 0 Å². The van der Waals surface area contributed by atoms with Gasteiger partial charge in [-0.25, -0.2) is 0 Å². The molecule has 0 N–H and O–H groups in total. The first-order valence-corrected chi connectivity index (χ1v) is 6.34. The Morgan fingerprint density at radius 2 is 1.63 bits per heavy atom. The van der Waals surface area contributed by atoms with Gasteiger partial charge < -0.3 is 4.74 Å². The molecule has 2 aromatic carbocycles. The molecule has 0 aliphatic carbocycles. The summed E-state index contributed by atoms with van der Waals surface area (Å²) in [5, 5.41) is 0. The van der Waals surface area contributed by atoms with Crippen LogP contribution in [0, 0.1) is 6.92 Å². The minimum Gasteiger partial charge on any atom is -0.479 e. The van der Waals surface area contributed by atoms with E-state index in [1.807, 2.05) is 55.5 Å². The van der Waals surface area contributed by atoms with E-state index in [-0.39, 0.29) is 5.91 Å². The Kier molecular flexibility index (Phi) is 2.75. The highest BCUT2D eigenvalue weighted by atomic mass is 16.5. The second kappa shape index (κ2) is 4.43. The number of ether oxygens (including phenoxy) is 1. The monoisotopic (exact) mass is 253 g/mol. The van der Waals surface area contributed by atoms with Crippen LogP contribution in [0.2, 0.25) is 0 Å². The van der Waals surface area contributed by atoms with Crippen LogP contribution in [0.1, 0.15) is 12.5 Å². The van der Waals surface area contributed by atoms with Crippen molar-refractivity contribution in [2.24, 2.45) is 0 Å². The van der Waals surface area contributed by atoms with Gasteiger partial charge in [-0.3, -0.25) is 9.69 Å². The Balaban J connectivity index is 2.19.